The molecule has 1 amide bonds. The summed E-state index contributed by atoms with van der Waals surface area (Å²) in [5, 5.41) is 2.93. The molecule has 5 rings (SSSR count). The summed E-state index contributed by atoms with van der Waals surface area (Å²) in [6, 6.07) is 11.6. The number of fused-ring (bicyclic) bond motifs is 2. The van der Waals surface area contributed by atoms with E-state index in [2.05, 4.69) is 27.3 Å². The fourth-order valence-electron chi connectivity index (χ4n) is 5.40. The molecule has 2 fully saturated rings. The van der Waals surface area contributed by atoms with Crippen LogP contribution in [0.1, 0.15) is 44.1 Å². The molecular formula is C25H27F3N4O. The van der Waals surface area contributed by atoms with E-state index in [1.165, 1.54) is 50.1 Å². The predicted molar refractivity (Wildman–Crippen MR) is 122 cm³/mol. The van der Waals surface area contributed by atoms with Crippen LogP contribution in [-0.2, 0) is 11.0 Å². The summed E-state index contributed by atoms with van der Waals surface area (Å²) < 4.78 is 39.9. The first-order valence-electron chi connectivity index (χ1n) is 11.6. The molecule has 3 aliphatic heterocycles. The second kappa shape index (κ2) is 8.72. The van der Waals surface area contributed by atoms with E-state index in [1.54, 1.807) is 11.0 Å². The Morgan fingerprint density at radius 1 is 1.03 bits per heavy atom. The van der Waals surface area contributed by atoms with E-state index >= 15 is 0 Å². The van der Waals surface area contributed by atoms with Crippen molar-refractivity contribution in [2.45, 2.75) is 56.8 Å². The average molecular weight is 457 g/mol. The van der Waals surface area contributed by atoms with Gasteiger partial charge in [0.05, 0.1) is 5.56 Å². The van der Waals surface area contributed by atoms with Crippen molar-refractivity contribution in [2.75, 3.05) is 28.2 Å². The minimum Gasteiger partial charge on any atom is -0.366 e. The van der Waals surface area contributed by atoms with Gasteiger partial charge in [-0.1, -0.05) is 6.08 Å². The van der Waals surface area contributed by atoms with Crippen molar-refractivity contribution in [1.82, 2.24) is 4.98 Å². The number of alkyl halides is 3. The zero-order chi connectivity index (χ0) is 23.0. The Kier molecular flexibility index (Phi) is 5.76. The second-order valence-corrected chi connectivity index (χ2v) is 9.02. The lowest BCUT2D eigenvalue weighted by Gasteiger charge is -2.36. The van der Waals surface area contributed by atoms with Gasteiger partial charge in [0.1, 0.15) is 5.82 Å². The van der Waals surface area contributed by atoms with Crippen molar-refractivity contribution < 1.29 is 18.0 Å². The van der Waals surface area contributed by atoms with Crippen LogP contribution in [0.3, 0.4) is 0 Å². The highest BCUT2D eigenvalue weighted by Gasteiger charge is 2.37. The molecule has 0 spiro atoms. The molecule has 2 atom stereocenters. The number of amides is 1. The predicted octanol–water partition coefficient (Wildman–Crippen LogP) is 5.40. The quantitative estimate of drug-likeness (QED) is 0.670. The minimum absolute atomic E-state index is 0.0945. The number of hydrogen-bond donors (Lipinski definition) is 1. The highest BCUT2D eigenvalue weighted by molar-refractivity contribution is 6.04. The number of benzene rings is 1. The third kappa shape index (κ3) is 4.43. The van der Waals surface area contributed by atoms with Crippen molar-refractivity contribution in [3.63, 3.8) is 0 Å². The lowest BCUT2D eigenvalue weighted by molar-refractivity contribution is -0.137. The van der Waals surface area contributed by atoms with E-state index in [0.29, 0.717) is 30.6 Å². The molecule has 1 aromatic carbocycles. The van der Waals surface area contributed by atoms with Crippen molar-refractivity contribution in [3.05, 3.63) is 59.8 Å². The van der Waals surface area contributed by atoms with Gasteiger partial charge >= 0.3 is 6.18 Å². The topological polar surface area (TPSA) is 48.5 Å². The normalized spacial score (nSPS) is 22.8. The Morgan fingerprint density at radius 3 is 2.39 bits per heavy atom. The molecule has 1 N–H and O–H groups in total. The zero-order valence-corrected chi connectivity index (χ0v) is 18.3. The Labute approximate surface area is 191 Å². The van der Waals surface area contributed by atoms with Crippen LogP contribution in [0, 0.1) is 0 Å². The van der Waals surface area contributed by atoms with Gasteiger partial charge in [-0.15, -0.1) is 0 Å². The molecule has 4 heterocycles. The highest BCUT2D eigenvalue weighted by Crippen LogP contribution is 2.39. The molecule has 5 nitrogen and oxygen atoms in total. The van der Waals surface area contributed by atoms with Crippen molar-refractivity contribution in [1.29, 1.82) is 0 Å². The van der Waals surface area contributed by atoms with E-state index in [4.69, 9.17) is 0 Å². The maximum Gasteiger partial charge on any atom is 0.419 e. The zero-order valence-electron chi connectivity index (χ0n) is 18.3. The number of rotatable bonds is 4. The number of carbonyl (C=O) groups is 1. The van der Waals surface area contributed by atoms with Crippen LogP contribution in [-0.4, -0.2) is 36.1 Å². The molecule has 8 heteroatoms. The number of pyridine rings is 1. The Balaban J connectivity index is 1.22. The van der Waals surface area contributed by atoms with Crippen LogP contribution in [0.15, 0.2) is 54.2 Å². The first kappa shape index (κ1) is 21.8. The smallest absolute Gasteiger partial charge is 0.366 e. The molecule has 2 aromatic rings. The summed E-state index contributed by atoms with van der Waals surface area (Å²) >= 11 is 0. The van der Waals surface area contributed by atoms with Gasteiger partial charge < -0.3 is 15.1 Å². The number of hydrogen-bond acceptors (Lipinski definition) is 4. The van der Waals surface area contributed by atoms with Crippen LogP contribution >= 0.6 is 0 Å². The van der Waals surface area contributed by atoms with Crippen LogP contribution in [0.5, 0.6) is 0 Å². The first-order chi connectivity index (χ1) is 15.9. The maximum atomic E-state index is 13.3. The van der Waals surface area contributed by atoms with E-state index < -0.39 is 11.7 Å². The molecule has 0 radical (unpaired) electrons. The number of carbonyl (C=O) groups excluding carboxylic acids is 1. The van der Waals surface area contributed by atoms with Gasteiger partial charge in [0.25, 0.3) is 5.91 Å². The molecule has 174 valence electrons. The molecule has 2 unspecified atom stereocenters. The Morgan fingerprint density at radius 2 is 1.76 bits per heavy atom. The number of nitrogens with zero attached hydrogens (tertiary/aromatic N) is 3. The molecule has 2 bridgehead atoms. The van der Waals surface area contributed by atoms with Gasteiger partial charge in [0.15, 0.2) is 0 Å². The molecule has 2 saturated heterocycles. The molecule has 33 heavy (non-hydrogen) atoms. The van der Waals surface area contributed by atoms with Crippen LogP contribution in [0.4, 0.5) is 30.4 Å². The van der Waals surface area contributed by atoms with Crippen molar-refractivity contribution in [3.8, 4) is 0 Å². The second-order valence-electron chi connectivity index (χ2n) is 9.02. The van der Waals surface area contributed by atoms with Crippen molar-refractivity contribution in [2.24, 2.45) is 0 Å². The molecule has 1 aromatic heterocycles. The summed E-state index contributed by atoms with van der Waals surface area (Å²) in [5.74, 6) is -0.305. The molecular weight excluding hydrogens is 429 g/mol. The van der Waals surface area contributed by atoms with E-state index in [9.17, 15) is 18.0 Å². The lowest BCUT2D eigenvalue weighted by Crippen LogP contribution is -2.39. The third-order valence-corrected chi connectivity index (χ3v) is 7.01. The number of halogens is 3. The van der Waals surface area contributed by atoms with Gasteiger partial charge in [-0.05, 0) is 74.9 Å². The van der Waals surface area contributed by atoms with Crippen LogP contribution in [0.25, 0.3) is 0 Å². The van der Waals surface area contributed by atoms with Crippen LogP contribution < -0.4 is 15.1 Å². The van der Waals surface area contributed by atoms with E-state index in [-0.39, 0.29) is 18.3 Å². The summed E-state index contributed by atoms with van der Waals surface area (Å²) in [5.41, 5.74) is 1.76. The van der Waals surface area contributed by atoms with E-state index in [0.717, 1.165) is 11.8 Å². The Bertz CT molecular complexity index is 1030. The fourth-order valence-corrected chi connectivity index (χ4v) is 5.40. The van der Waals surface area contributed by atoms with Gasteiger partial charge in [-0.3, -0.25) is 4.79 Å². The average Bonchev–Trinajstić information content (AvgIpc) is 3.07. The fraction of sp³-hybridized carbons (Fsp3) is 0.440. The van der Waals surface area contributed by atoms with Gasteiger partial charge in [0, 0.05) is 48.3 Å². The summed E-state index contributed by atoms with van der Waals surface area (Å²) in [6.45, 7) is 0.509. The first-order valence-corrected chi connectivity index (χ1v) is 11.6. The number of nitrogens with one attached hydrogen (secondary N) is 1. The number of aromatic nitrogens is 1. The largest absolute Gasteiger partial charge is 0.419 e. The van der Waals surface area contributed by atoms with Crippen molar-refractivity contribution >= 4 is 23.1 Å². The Hall–Kier alpha value is -3.03. The molecule has 0 aliphatic carbocycles. The number of piperidine rings is 1. The number of anilines is 3. The SMILES string of the molecule is O=C(Nc1ccc(N2C3CCCC2CC3)cc1)C1=CCN(c2ncccc2C(F)(F)F)CC1. The lowest BCUT2D eigenvalue weighted by atomic mass is 10.0. The summed E-state index contributed by atoms with van der Waals surface area (Å²) in [6.07, 6.45) is 5.27. The summed E-state index contributed by atoms with van der Waals surface area (Å²) in [4.78, 5) is 20.8. The molecule has 0 saturated carbocycles. The molecule has 3 aliphatic rings. The monoisotopic (exact) mass is 456 g/mol. The van der Waals surface area contributed by atoms with E-state index in [1.807, 2.05) is 12.1 Å². The summed E-state index contributed by atoms with van der Waals surface area (Å²) in [7, 11) is 0. The van der Waals surface area contributed by atoms with Gasteiger partial charge in [0.2, 0.25) is 0 Å². The third-order valence-electron chi connectivity index (χ3n) is 7.01. The minimum atomic E-state index is -4.47. The maximum absolute atomic E-state index is 13.3. The van der Waals surface area contributed by atoms with Crippen LogP contribution in [0.2, 0.25) is 0 Å². The van der Waals surface area contributed by atoms with Gasteiger partial charge in [-0.2, -0.15) is 13.2 Å². The van der Waals surface area contributed by atoms with Gasteiger partial charge in [-0.25, -0.2) is 4.98 Å². The standard InChI is InChI=1S/C25H27F3N4O/c26-25(27,28)22-5-2-14-29-23(22)31-15-12-17(13-16-31)24(33)30-18-6-8-21(9-7-18)32-19-3-1-4-20(32)11-10-19/h2,5-9,12,14,19-20H,1,3-4,10-11,13,15-16H2,(H,30,33). The highest BCUT2D eigenvalue weighted by atomic mass is 19.4.